The lowest BCUT2D eigenvalue weighted by Gasteiger charge is -2.16. The molecule has 2 N–H and O–H groups in total. The average Bonchev–Trinajstić information content (AvgIpc) is 2.43. The van der Waals surface area contributed by atoms with E-state index in [0.29, 0.717) is 11.3 Å². The Kier molecular flexibility index (Phi) is 5.94. The molecule has 0 bridgehead atoms. The quantitative estimate of drug-likeness (QED) is 0.717. The van der Waals surface area contributed by atoms with Gasteiger partial charge in [0.25, 0.3) is 0 Å². The van der Waals surface area contributed by atoms with Crippen molar-refractivity contribution < 1.29 is 29.3 Å². The Balaban J connectivity index is 2.86. The molecule has 0 saturated carbocycles. The summed E-state index contributed by atoms with van der Waals surface area (Å²) in [7, 11) is 1.48. The van der Waals surface area contributed by atoms with Gasteiger partial charge in [0.1, 0.15) is 18.8 Å². The summed E-state index contributed by atoms with van der Waals surface area (Å²) in [6, 6.07) is 6.93. The second-order valence-electron chi connectivity index (χ2n) is 4.06. The number of nitrogens with zero attached hydrogens (tertiary/aromatic N) is 1. The summed E-state index contributed by atoms with van der Waals surface area (Å²) in [5, 5.41) is 17.4. The SMILES string of the molecule is COc1ccccc1C=CC(=O)N(CC(=O)O)CC(=O)O. The lowest BCUT2D eigenvalue weighted by Crippen LogP contribution is -2.38. The first kappa shape index (κ1) is 16.2. The van der Waals surface area contributed by atoms with Crippen LogP contribution in [0, 0.1) is 0 Å². The van der Waals surface area contributed by atoms with Crippen LogP contribution in [0.3, 0.4) is 0 Å². The van der Waals surface area contributed by atoms with Gasteiger partial charge in [0.05, 0.1) is 7.11 Å². The smallest absolute Gasteiger partial charge is 0.323 e. The van der Waals surface area contributed by atoms with Crippen molar-refractivity contribution in [3.63, 3.8) is 0 Å². The summed E-state index contributed by atoms with van der Waals surface area (Å²) in [5.41, 5.74) is 0.624. The van der Waals surface area contributed by atoms with Gasteiger partial charge in [-0.1, -0.05) is 18.2 Å². The highest BCUT2D eigenvalue weighted by atomic mass is 16.5. The van der Waals surface area contributed by atoms with Crippen LogP contribution < -0.4 is 4.74 Å². The molecule has 7 nitrogen and oxygen atoms in total. The highest BCUT2D eigenvalue weighted by Crippen LogP contribution is 2.18. The summed E-state index contributed by atoms with van der Waals surface area (Å²) >= 11 is 0. The van der Waals surface area contributed by atoms with E-state index in [2.05, 4.69) is 0 Å². The van der Waals surface area contributed by atoms with Crippen LogP contribution in [0.25, 0.3) is 6.08 Å². The van der Waals surface area contributed by atoms with Crippen LogP contribution in [0.4, 0.5) is 0 Å². The summed E-state index contributed by atoms with van der Waals surface area (Å²) in [6.07, 6.45) is 2.56. The van der Waals surface area contributed by atoms with Gasteiger partial charge in [-0.25, -0.2) is 0 Å². The predicted octanol–water partition coefficient (Wildman–Crippen LogP) is 0.706. The molecule has 0 atom stereocenters. The zero-order valence-corrected chi connectivity index (χ0v) is 11.4. The summed E-state index contributed by atoms with van der Waals surface area (Å²) in [4.78, 5) is 33.9. The lowest BCUT2D eigenvalue weighted by molar-refractivity contribution is -0.147. The number of carbonyl (C=O) groups is 3. The van der Waals surface area contributed by atoms with Crippen molar-refractivity contribution in [2.75, 3.05) is 20.2 Å². The van der Waals surface area contributed by atoms with Crippen molar-refractivity contribution in [1.82, 2.24) is 4.90 Å². The molecule has 1 rings (SSSR count). The molecule has 0 aromatic heterocycles. The van der Waals surface area contributed by atoms with Crippen molar-refractivity contribution in [3.05, 3.63) is 35.9 Å². The van der Waals surface area contributed by atoms with Crippen LogP contribution in [0.15, 0.2) is 30.3 Å². The number of carboxylic acids is 2. The molecule has 0 aliphatic carbocycles. The molecule has 1 aromatic rings. The van der Waals surface area contributed by atoms with E-state index in [0.717, 1.165) is 11.0 Å². The third kappa shape index (κ3) is 5.35. The van der Waals surface area contributed by atoms with Gasteiger partial charge < -0.3 is 19.8 Å². The fourth-order valence-electron chi connectivity index (χ4n) is 1.61. The maximum absolute atomic E-state index is 11.9. The Hall–Kier alpha value is -2.83. The Morgan fingerprint density at radius 2 is 1.71 bits per heavy atom. The Labute approximate surface area is 121 Å². The molecule has 0 heterocycles. The highest BCUT2D eigenvalue weighted by Gasteiger charge is 2.17. The van der Waals surface area contributed by atoms with E-state index in [1.807, 2.05) is 0 Å². The minimum absolute atomic E-state index is 0.546. The fourth-order valence-corrected chi connectivity index (χ4v) is 1.61. The third-order valence-electron chi connectivity index (χ3n) is 2.51. The van der Waals surface area contributed by atoms with Crippen molar-refractivity contribution in [2.45, 2.75) is 0 Å². The van der Waals surface area contributed by atoms with Gasteiger partial charge in [-0.15, -0.1) is 0 Å². The number of methoxy groups -OCH3 is 1. The van der Waals surface area contributed by atoms with Crippen molar-refractivity contribution in [3.8, 4) is 5.75 Å². The number of carboxylic acid groups (broad SMARTS) is 2. The van der Waals surface area contributed by atoms with Gasteiger partial charge in [-0.2, -0.15) is 0 Å². The van der Waals surface area contributed by atoms with Crippen LogP contribution in [-0.4, -0.2) is 53.2 Å². The van der Waals surface area contributed by atoms with E-state index in [4.69, 9.17) is 14.9 Å². The Bertz CT molecular complexity index is 550. The third-order valence-corrected chi connectivity index (χ3v) is 2.51. The molecule has 0 radical (unpaired) electrons. The number of carbonyl (C=O) groups excluding carboxylic acids is 1. The number of para-hydroxylation sites is 1. The number of aliphatic carboxylic acids is 2. The van der Waals surface area contributed by atoms with Crippen LogP contribution in [0.5, 0.6) is 5.75 Å². The van der Waals surface area contributed by atoms with Gasteiger partial charge >= 0.3 is 11.9 Å². The normalized spacial score (nSPS) is 10.3. The average molecular weight is 293 g/mol. The lowest BCUT2D eigenvalue weighted by atomic mass is 10.2. The van der Waals surface area contributed by atoms with Gasteiger partial charge in [-0.3, -0.25) is 14.4 Å². The van der Waals surface area contributed by atoms with E-state index >= 15 is 0 Å². The first-order valence-corrected chi connectivity index (χ1v) is 5.97. The molecule has 21 heavy (non-hydrogen) atoms. The highest BCUT2D eigenvalue weighted by molar-refractivity contribution is 5.95. The molecular weight excluding hydrogens is 278 g/mol. The minimum atomic E-state index is -1.28. The number of ether oxygens (including phenoxy) is 1. The summed E-state index contributed by atoms with van der Waals surface area (Å²) in [5.74, 6) is -2.72. The minimum Gasteiger partial charge on any atom is -0.496 e. The van der Waals surface area contributed by atoms with Gasteiger partial charge in [0, 0.05) is 11.6 Å². The van der Waals surface area contributed by atoms with E-state index in [1.165, 1.54) is 13.2 Å². The van der Waals surface area contributed by atoms with Crippen molar-refractivity contribution in [2.24, 2.45) is 0 Å². The maximum Gasteiger partial charge on any atom is 0.323 e. The maximum atomic E-state index is 11.9. The van der Waals surface area contributed by atoms with E-state index < -0.39 is 30.9 Å². The molecule has 1 amide bonds. The van der Waals surface area contributed by atoms with E-state index in [-0.39, 0.29) is 0 Å². The Morgan fingerprint density at radius 1 is 1.14 bits per heavy atom. The molecule has 0 fully saturated rings. The number of hydrogen-bond acceptors (Lipinski definition) is 4. The molecule has 7 heteroatoms. The molecule has 0 aliphatic rings. The van der Waals surface area contributed by atoms with Crippen LogP contribution in [0.2, 0.25) is 0 Å². The van der Waals surface area contributed by atoms with E-state index in [9.17, 15) is 14.4 Å². The summed E-state index contributed by atoms with van der Waals surface area (Å²) in [6.45, 7) is -1.36. The zero-order valence-electron chi connectivity index (χ0n) is 11.4. The van der Waals surface area contributed by atoms with Crippen molar-refractivity contribution in [1.29, 1.82) is 0 Å². The number of amides is 1. The number of rotatable bonds is 7. The monoisotopic (exact) mass is 293 g/mol. The first-order valence-electron chi connectivity index (χ1n) is 5.97. The number of hydrogen-bond donors (Lipinski definition) is 2. The van der Waals surface area contributed by atoms with Crippen LogP contribution >= 0.6 is 0 Å². The van der Waals surface area contributed by atoms with Crippen LogP contribution in [0.1, 0.15) is 5.56 Å². The predicted molar refractivity (Wildman–Crippen MR) is 73.9 cm³/mol. The molecule has 0 spiro atoms. The standard InChI is InChI=1S/C14H15NO6/c1-21-11-5-3-2-4-10(11)6-7-12(16)15(8-13(17)18)9-14(19)20/h2-7H,8-9H2,1H3,(H,17,18)(H,19,20). The van der Waals surface area contributed by atoms with Gasteiger partial charge in [0.2, 0.25) is 5.91 Å². The zero-order chi connectivity index (χ0) is 15.8. The second kappa shape index (κ2) is 7.68. The molecule has 1 aromatic carbocycles. The molecule has 0 unspecified atom stereocenters. The number of benzene rings is 1. The Morgan fingerprint density at radius 3 is 2.24 bits per heavy atom. The largest absolute Gasteiger partial charge is 0.496 e. The first-order chi connectivity index (χ1) is 9.93. The molecule has 0 saturated heterocycles. The summed E-state index contributed by atoms with van der Waals surface area (Å²) < 4.78 is 5.10. The van der Waals surface area contributed by atoms with E-state index in [1.54, 1.807) is 24.3 Å². The van der Waals surface area contributed by atoms with Crippen molar-refractivity contribution >= 4 is 23.9 Å². The van der Waals surface area contributed by atoms with Gasteiger partial charge in [0.15, 0.2) is 0 Å². The molecule has 0 aliphatic heterocycles. The molecule has 112 valence electrons. The fraction of sp³-hybridized carbons (Fsp3) is 0.214. The topological polar surface area (TPSA) is 104 Å². The van der Waals surface area contributed by atoms with Gasteiger partial charge in [-0.05, 0) is 12.1 Å². The molecular formula is C14H15NO6. The van der Waals surface area contributed by atoms with Crippen LogP contribution in [-0.2, 0) is 14.4 Å². The second-order valence-corrected chi connectivity index (χ2v) is 4.06.